The van der Waals surface area contributed by atoms with Crippen molar-refractivity contribution in [2.24, 2.45) is 5.92 Å². The van der Waals surface area contributed by atoms with E-state index in [-0.39, 0.29) is 13.0 Å². The molecule has 0 unspecified atom stereocenters. The maximum absolute atomic E-state index is 12.9. The molecule has 2 atom stereocenters. The summed E-state index contributed by atoms with van der Waals surface area (Å²) in [6.45, 7) is 1.06. The lowest BCUT2D eigenvalue weighted by molar-refractivity contribution is -0.148. The molecule has 1 rings (SSSR count). The Morgan fingerprint density at radius 1 is 1.75 bits per heavy atom. The zero-order chi connectivity index (χ0) is 9.35. The number of halogens is 1. The second-order valence-corrected chi connectivity index (χ2v) is 2.87. The van der Waals surface area contributed by atoms with Crippen molar-refractivity contribution in [1.29, 1.82) is 0 Å². The third kappa shape index (κ3) is 1.54. The van der Waals surface area contributed by atoms with Crippen molar-refractivity contribution in [2.45, 2.75) is 19.0 Å². The van der Waals surface area contributed by atoms with Gasteiger partial charge in [0.15, 0.2) is 0 Å². The van der Waals surface area contributed by atoms with Crippen molar-refractivity contribution in [2.75, 3.05) is 6.61 Å². The van der Waals surface area contributed by atoms with Gasteiger partial charge in [-0.2, -0.15) is 0 Å². The molecule has 5 heteroatoms. The molecular formula is C7H9FO4. The molecule has 0 saturated heterocycles. The van der Waals surface area contributed by atoms with E-state index in [1.54, 1.807) is 0 Å². The molecule has 1 aliphatic carbocycles. The van der Waals surface area contributed by atoms with Gasteiger partial charge in [-0.3, -0.25) is 4.79 Å². The van der Waals surface area contributed by atoms with Crippen LogP contribution in [-0.2, 0) is 14.3 Å². The lowest BCUT2D eigenvalue weighted by Gasteiger charge is -2.01. The largest absolute Gasteiger partial charge is 0.479 e. The number of ether oxygens (including phenoxy) is 1. The Kier molecular flexibility index (Phi) is 2.04. The third-order valence-corrected chi connectivity index (χ3v) is 1.87. The lowest BCUT2D eigenvalue weighted by atomic mass is 10.3. The molecular weight excluding hydrogens is 167 g/mol. The van der Waals surface area contributed by atoms with Gasteiger partial charge in [-0.15, -0.1) is 0 Å². The number of hydrogen-bond donors (Lipinski definition) is 1. The van der Waals surface area contributed by atoms with Gasteiger partial charge >= 0.3 is 11.9 Å². The number of carbonyl (C=O) groups is 2. The van der Waals surface area contributed by atoms with E-state index in [4.69, 9.17) is 5.11 Å². The van der Waals surface area contributed by atoms with Crippen LogP contribution < -0.4 is 0 Å². The summed E-state index contributed by atoms with van der Waals surface area (Å²) in [4.78, 5) is 20.5. The van der Waals surface area contributed by atoms with Crippen LogP contribution in [0.3, 0.4) is 0 Å². The Morgan fingerprint density at radius 2 is 2.33 bits per heavy atom. The van der Waals surface area contributed by atoms with Gasteiger partial charge in [0.2, 0.25) is 5.67 Å². The number of carboxylic acid groups (broad SMARTS) is 1. The van der Waals surface area contributed by atoms with Gasteiger partial charge in [-0.1, -0.05) is 0 Å². The maximum atomic E-state index is 12.9. The van der Waals surface area contributed by atoms with E-state index < -0.39 is 23.5 Å². The van der Waals surface area contributed by atoms with Crippen molar-refractivity contribution in [3.8, 4) is 0 Å². The first-order valence-corrected chi connectivity index (χ1v) is 3.52. The summed E-state index contributed by atoms with van der Waals surface area (Å²) in [7, 11) is 0. The third-order valence-electron chi connectivity index (χ3n) is 1.87. The minimum Gasteiger partial charge on any atom is -0.479 e. The molecule has 1 fully saturated rings. The number of hydrogen-bond acceptors (Lipinski definition) is 3. The molecule has 1 N–H and O–H groups in total. The molecule has 4 nitrogen and oxygen atoms in total. The van der Waals surface area contributed by atoms with E-state index in [1.165, 1.54) is 6.92 Å². The molecule has 0 amide bonds. The molecule has 1 saturated carbocycles. The van der Waals surface area contributed by atoms with Gasteiger partial charge in [0.1, 0.15) is 0 Å². The van der Waals surface area contributed by atoms with Gasteiger partial charge in [0.05, 0.1) is 6.61 Å². The van der Waals surface area contributed by atoms with Gasteiger partial charge in [0.25, 0.3) is 0 Å². The summed E-state index contributed by atoms with van der Waals surface area (Å²) in [5.41, 5.74) is -2.16. The van der Waals surface area contributed by atoms with E-state index >= 15 is 0 Å². The average Bonchev–Trinajstić information content (AvgIpc) is 2.59. The summed E-state index contributed by atoms with van der Waals surface area (Å²) in [6.07, 6.45) is -0.0599. The van der Waals surface area contributed by atoms with E-state index in [9.17, 15) is 14.0 Å². The van der Waals surface area contributed by atoms with E-state index in [1.807, 2.05) is 0 Å². The van der Waals surface area contributed by atoms with Crippen LogP contribution in [0.2, 0.25) is 0 Å². The van der Waals surface area contributed by atoms with Crippen molar-refractivity contribution in [3.05, 3.63) is 0 Å². The number of rotatable bonds is 3. The molecule has 0 aromatic heterocycles. The fourth-order valence-corrected chi connectivity index (χ4v) is 0.971. The van der Waals surface area contributed by atoms with Gasteiger partial charge in [-0.25, -0.2) is 9.18 Å². The normalized spacial score (nSPS) is 32.7. The Hall–Kier alpha value is -1.13. The highest BCUT2D eigenvalue weighted by Gasteiger charge is 2.62. The summed E-state index contributed by atoms with van der Waals surface area (Å²) >= 11 is 0. The summed E-state index contributed by atoms with van der Waals surface area (Å²) in [5, 5.41) is 8.33. The second-order valence-electron chi connectivity index (χ2n) is 2.87. The van der Waals surface area contributed by atoms with E-state index in [0.717, 1.165) is 0 Å². The van der Waals surface area contributed by atoms with Gasteiger partial charge in [-0.05, 0) is 0 Å². The average molecular weight is 176 g/mol. The fraction of sp³-hybridized carbons (Fsp3) is 0.714. The lowest BCUT2D eigenvalue weighted by Crippen LogP contribution is -2.21. The number of alkyl halides is 1. The van der Waals surface area contributed by atoms with Crippen LogP contribution in [0.4, 0.5) is 4.39 Å². The first-order valence-electron chi connectivity index (χ1n) is 3.52. The number of carbonyl (C=O) groups excluding carboxylic acids is 1. The van der Waals surface area contributed by atoms with Crippen LogP contribution in [0.5, 0.6) is 0 Å². The number of aliphatic carboxylic acids is 1. The smallest absolute Gasteiger partial charge is 0.341 e. The highest BCUT2D eigenvalue weighted by atomic mass is 19.1. The first kappa shape index (κ1) is 8.96. The predicted molar refractivity (Wildman–Crippen MR) is 36.2 cm³/mol. The summed E-state index contributed by atoms with van der Waals surface area (Å²) in [6, 6.07) is 0. The van der Waals surface area contributed by atoms with Crippen LogP contribution in [0, 0.1) is 5.92 Å². The quantitative estimate of drug-likeness (QED) is 0.630. The minimum atomic E-state index is -2.16. The maximum Gasteiger partial charge on any atom is 0.341 e. The number of esters is 1. The zero-order valence-electron chi connectivity index (χ0n) is 6.54. The summed E-state index contributed by atoms with van der Waals surface area (Å²) in [5.74, 6) is -2.66. The molecule has 0 heterocycles. The van der Waals surface area contributed by atoms with E-state index in [0.29, 0.717) is 0 Å². The molecule has 0 radical (unpaired) electrons. The van der Waals surface area contributed by atoms with Crippen LogP contribution in [0.15, 0.2) is 0 Å². The van der Waals surface area contributed by atoms with Crippen molar-refractivity contribution in [1.82, 2.24) is 0 Å². The molecule has 12 heavy (non-hydrogen) atoms. The molecule has 68 valence electrons. The molecule has 0 spiro atoms. The highest BCUT2D eigenvalue weighted by Crippen LogP contribution is 2.47. The first-order chi connectivity index (χ1) is 5.47. The van der Waals surface area contributed by atoms with Crippen molar-refractivity contribution < 1.29 is 23.8 Å². The molecule has 0 bridgehead atoms. The Bertz CT molecular complexity index is 227. The Balaban J connectivity index is 2.32. The Labute approximate surface area is 68.3 Å². The molecule has 0 aromatic rings. The zero-order valence-corrected chi connectivity index (χ0v) is 6.54. The number of carboxylic acids is 1. The summed E-state index contributed by atoms with van der Waals surface area (Å²) < 4.78 is 17.4. The van der Waals surface area contributed by atoms with Crippen LogP contribution in [-0.4, -0.2) is 29.3 Å². The second kappa shape index (κ2) is 2.73. The standard InChI is InChI=1S/C7H9FO4/c1-4(9)12-3-5-2-7(5,8)6(10)11/h5H,2-3H2,1H3,(H,10,11)/t5-,7+/m0/s1. The van der Waals surface area contributed by atoms with Gasteiger partial charge < -0.3 is 9.84 Å². The van der Waals surface area contributed by atoms with Crippen molar-refractivity contribution in [3.63, 3.8) is 0 Å². The Morgan fingerprint density at radius 3 is 2.67 bits per heavy atom. The molecule has 0 aromatic carbocycles. The molecule has 1 aliphatic rings. The SMILES string of the molecule is CC(=O)OC[C@@H]1C[C@]1(F)C(=O)O. The van der Waals surface area contributed by atoms with Crippen LogP contribution in [0.1, 0.15) is 13.3 Å². The monoisotopic (exact) mass is 176 g/mol. The fourth-order valence-electron chi connectivity index (χ4n) is 0.971. The van der Waals surface area contributed by atoms with Crippen LogP contribution in [0.25, 0.3) is 0 Å². The van der Waals surface area contributed by atoms with Crippen LogP contribution >= 0.6 is 0 Å². The minimum absolute atomic E-state index is 0.0599. The predicted octanol–water partition coefficient (Wildman–Crippen LogP) is 0.362. The van der Waals surface area contributed by atoms with Crippen molar-refractivity contribution >= 4 is 11.9 Å². The van der Waals surface area contributed by atoms with E-state index in [2.05, 4.69) is 4.74 Å². The highest BCUT2D eigenvalue weighted by molar-refractivity contribution is 5.81. The van der Waals surface area contributed by atoms with Gasteiger partial charge in [0, 0.05) is 19.3 Å². The topological polar surface area (TPSA) is 63.6 Å². The molecule has 0 aliphatic heterocycles.